The quantitative estimate of drug-likeness (QED) is 0.0652. The standard InChI is InChI=1S/C56H42O12/c57-35-10-4-29(5-11-35)54-50(33-19-38(60)23-39(61)20-33)49-32(18-42(64)26-47(49)67-54)3-1-28-2-16-46-44(17-28)52(56(66-46)31-8-14-37(59)15-9-31)45-25-43(65)27-48-53(45)51(34-21-40(62)24-41(63)22-34)55(68-48)30-6-12-36(58)13-7-30/h1-27,50-52,54-65H/t50-,51+,52+,54+,55-,56+/m0/s1. The van der Waals surface area contributed by atoms with Crippen molar-refractivity contribution in [3.63, 3.8) is 0 Å². The highest BCUT2D eigenvalue weighted by Gasteiger charge is 2.46. The minimum absolute atomic E-state index is 0.0494. The van der Waals surface area contributed by atoms with Crippen molar-refractivity contribution in [1.82, 2.24) is 0 Å². The van der Waals surface area contributed by atoms with Crippen molar-refractivity contribution < 1.29 is 60.2 Å². The summed E-state index contributed by atoms with van der Waals surface area (Å²) >= 11 is 0. The first-order valence-electron chi connectivity index (χ1n) is 21.8. The molecule has 0 fully saturated rings. The van der Waals surface area contributed by atoms with Gasteiger partial charge < -0.3 is 60.2 Å². The van der Waals surface area contributed by atoms with Crippen LogP contribution in [0, 0.1) is 0 Å². The Kier molecular flexibility index (Phi) is 9.96. The number of phenolic OH excluding ortho intramolecular Hbond substituents is 9. The number of hydrogen-bond acceptors (Lipinski definition) is 12. The summed E-state index contributed by atoms with van der Waals surface area (Å²) < 4.78 is 20.0. The van der Waals surface area contributed by atoms with E-state index in [0.717, 1.165) is 22.3 Å². The fraction of sp³-hybridized carbons (Fsp3) is 0.107. The Hall–Kier alpha value is -8.90. The van der Waals surface area contributed by atoms with Gasteiger partial charge in [-0.1, -0.05) is 54.6 Å². The molecule has 68 heavy (non-hydrogen) atoms. The molecule has 6 atom stereocenters. The lowest BCUT2D eigenvalue weighted by molar-refractivity contribution is 0.220. The van der Waals surface area contributed by atoms with Crippen molar-refractivity contribution in [2.24, 2.45) is 0 Å². The van der Waals surface area contributed by atoms with Crippen LogP contribution >= 0.6 is 0 Å². The van der Waals surface area contributed by atoms with Gasteiger partial charge in [0.2, 0.25) is 0 Å². The van der Waals surface area contributed by atoms with E-state index in [0.29, 0.717) is 56.2 Å². The van der Waals surface area contributed by atoms with Gasteiger partial charge in [-0.2, -0.15) is 0 Å². The van der Waals surface area contributed by atoms with E-state index in [4.69, 9.17) is 14.2 Å². The highest BCUT2D eigenvalue weighted by Crippen LogP contribution is 2.59. The van der Waals surface area contributed by atoms with Gasteiger partial charge >= 0.3 is 0 Å². The van der Waals surface area contributed by atoms with Gasteiger partial charge in [-0.25, -0.2) is 0 Å². The average Bonchev–Trinajstić information content (AvgIpc) is 4.00. The van der Waals surface area contributed by atoms with Crippen LogP contribution in [-0.2, 0) is 0 Å². The molecule has 0 unspecified atom stereocenters. The molecule has 0 spiro atoms. The number of aromatic hydroxyl groups is 9. The van der Waals surface area contributed by atoms with Gasteiger partial charge in [0, 0.05) is 41.0 Å². The molecule has 3 aliphatic rings. The Morgan fingerprint density at radius 2 is 0.706 bits per heavy atom. The van der Waals surface area contributed by atoms with Crippen LogP contribution in [0.1, 0.15) is 97.3 Å². The molecule has 9 N–H and O–H groups in total. The zero-order chi connectivity index (χ0) is 47.0. The number of benzene rings is 8. The molecule has 8 aromatic rings. The Balaban J connectivity index is 1.05. The first kappa shape index (κ1) is 41.8. The molecule has 338 valence electrons. The monoisotopic (exact) mass is 906 g/mol. The van der Waals surface area contributed by atoms with E-state index >= 15 is 0 Å². The van der Waals surface area contributed by atoms with E-state index < -0.39 is 36.1 Å². The molecule has 0 aliphatic carbocycles. The first-order chi connectivity index (χ1) is 32.8. The Morgan fingerprint density at radius 3 is 1.21 bits per heavy atom. The third kappa shape index (κ3) is 7.47. The molecule has 0 amide bonds. The summed E-state index contributed by atoms with van der Waals surface area (Å²) in [4.78, 5) is 0. The van der Waals surface area contributed by atoms with E-state index in [1.165, 1.54) is 24.3 Å². The number of hydrogen-bond donors (Lipinski definition) is 9. The minimum Gasteiger partial charge on any atom is -0.508 e. The minimum atomic E-state index is -0.718. The van der Waals surface area contributed by atoms with Crippen LogP contribution in [0.25, 0.3) is 12.2 Å². The van der Waals surface area contributed by atoms with Crippen LogP contribution in [0.2, 0.25) is 0 Å². The fourth-order valence-electron chi connectivity index (χ4n) is 10.2. The van der Waals surface area contributed by atoms with Gasteiger partial charge in [-0.15, -0.1) is 0 Å². The lowest BCUT2D eigenvalue weighted by atomic mass is 9.76. The molecule has 0 aromatic heterocycles. The van der Waals surface area contributed by atoms with Crippen LogP contribution in [0.5, 0.6) is 69.0 Å². The van der Waals surface area contributed by atoms with Crippen molar-refractivity contribution in [2.75, 3.05) is 0 Å². The Morgan fingerprint density at radius 1 is 0.294 bits per heavy atom. The summed E-state index contributed by atoms with van der Waals surface area (Å²) in [5.41, 5.74) is 7.38. The smallest absolute Gasteiger partial charge is 0.135 e. The molecule has 0 radical (unpaired) electrons. The van der Waals surface area contributed by atoms with Crippen molar-refractivity contribution in [3.8, 4) is 69.0 Å². The van der Waals surface area contributed by atoms with Crippen molar-refractivity contribution >= 4 is 12.2 Å². The average molecular weight is 907 g/mol. The van der Waals surface area contributed by atoms with Gasteiger partial charge in [0.05, 0.1) is 17.8 Å². The second-order valence-corrected chi connectivity index (χ2v) is 17.4. The van der Waals surface area contributed by atoms with Crippen molar-refractivity contribution in [2.45, 2.75) is 36.1 Å². The van der Waals surface area contributed by atoms with Crippen LogP contribution in [0.3, 0.4) is 0 Å². The summed E-state index contributed by atoms with van der Waals surface area (Å²) in [5.74, 6) is -0.981. The fourth-order valence-corrected chi connectivity index (χ4v) is 10.2. The normalized spacial score (nSPS) is 20.0. The van der Waals surface area contributed by atoms with E-state index in [2.05, 4.69) is 0 Å². The van der Waals surface area contributed by atoms with Gasteiger partial charge in [0.1, 0.15) is 87.3 Å². The number of ether oxygens (including phenoxy) is 3. The molecule has 12 nitrogen and oxygen atoms in total. The molecule has 11 rings (SSSR count). The third-order valence-electron chi connectivity index (χ3n) is 13.0. The summed E-state index contributed by atoms with van der Waals surface area (Å²) in [7, 11) is 0. The SMILES string of the molecule is Oc1ccc([C@H]2Oc3ccc(C=Cc4cc(O)cc5c4[C@H](c4cc(O)cc(O)c4)[C@@H](c4ccc(O)cc4)O5)cc3[C@@H]2c2cc(O)cc3c2[C@@H](c2cc(O)cc(O)c2)[C@H](c2ccc(O)cc2)O3)cc1. The molecule has 0 saturated heterocycles. The van der Waals surface area contributed by atoms with E-state index in [1.807, 2.05) is 30.4 Å². The van der Waals surface area contributed by atoms with E-state index in [9.17, 15) is 46.0 Å². The van der Waals surface area contributed by atoms with E-state index in [-0.39, 0.29) is 51.7 Å². The number of rotatable bonds is 8. The van der Waals surface area contributed by atoms with Crippen LogP contribution in [0.15, 0.2) is 152 Å². The molecule has 12 heteroatoms. The predicted octanol–water partition coefficient (Wildman–Crippen LogP) is 11.0. The molecule has 0 saturated carbocycles. The predicted molar refractivity (Wildman–Crippen MR) is 251 cm³/mol. The number of phenols is 9. The highest BCUT2D eigenvalue weighted by molar-refractivity contribution is 5.76. The maximum Gasteiger partial charge on any atom is 0.135 e. The van der Waals surface area contributed by atoms with Gasteiger partial charge in [-0.3, -0.25) is 0 Å². The van der Waals surface area contributed by atoms with Crippen LogP contribution in [-0.4, -0.2) is 46.0 Å². The van der Waals surface area contributed by atoms with Gasteiger partial charge in [0.15, 0.2) is 0 Å². The largest absolute Gasteiger partial charge is 0.508 e. The van der Waals surface area contributed by atoms with E-state index in [1.54, 1.807) is 109 Å². The van der Waals surface area contributed by atoms with Crippen LogP contribution < -0.4 is 14.2 Å². The molecule has 3 heterocycles. The lowest BCUT2D eigenvalue weighted by Gasteiger charge is -2.26. The maximum absolute atomic E-state index is 11.5. The zero-order valence-corrected chi connectivity index (χ0v) is 35.8. The van der Waals surface area contributed by atoms with Gasteiger partial charge in [0.25, 0.3) is 0 Å². The zero-order valence-electron chi connectivity index (χ0n) is 35.8. The molecule has 0 bridgehead atoms. The second-order valence-electron chi connectivity index (χ2n) is 17.4. The Labute approximate surface area is 389 Å². The van der Waals surface area contributed by atoms with Gasteiger partial charge in [-0.05, 0) is 129 Å². The summed E-state index contributed by atoms with van der Waals surface area (Å²) in [5, 5.41) is 96.0. The first-order valence-corrected chi connectivity index (χ1v) is 21.8. The third-order valence-corrected chi connectivity index (χ3v) is 13.0. The number of fused-ring (bicyclic) bond motifs is 3. The Bertz CT molecular complexity index is 3250. The molecular formula is C56H42O12. The maximum atomic E-state index is 11.5. The van der Waals surface area contributed by atoms with Crippen LogP contribution in [0.4, 0.5) is 0 Å². The lowest BCUT2D eigenvalue weighted by Crippen LogP contribution is -2.16. The summed E-state index contributed by atoms with van der Waals surface area (Å²) in [6, 6.07) is 40.7. The molecule has 8 aromatic carbocycles. The summed E-state index contributed by atoms with van der Waals surface area (Å²) in [6.45, 7) is 0. The second kappa shape index (κ2) is 16.2. The topological polar surface area (TPSA) is 210 Å². The highest BCUT2D eigenvalue weighted by atomic mass is 16.5. The summed E-state index contributed by atoms with van der Waals surface area (Å²) in [6.07, 6.45) is 1.69. The van der Waals surface area contributed by atoms with Crippen molar-refractivity contribution in [1.29, 1.82) is 0 Å². The molecule has 3 aliphatic heterocycles. The molecular weight excluding hydrogens is 865 g/mol. The van der Waals surface area contributed by atoms with Crippen molar-refractivity contribution in [3.05, 3.63) is 213 Å².